The number of benzene rings is 2. The van der Waals surface area contributed by atoms with E-state index in [0.717, 1.165) is 26.7 Å². The van der Waals surface area contributed by atoms with Crippen LogP contribution in [0.25, 0.3) is 11.4 Å². The molecule has 0 N–H and O–H groups in total. The van der Waals surface area contributed by atoms with Gasteiger partial charge in [0.2, 0.25) is 0 Å². The van der Waals surface area contributed by atoms with Gasteiger partial charge in [0, 0.05) is 0 Å². The summed E-state index contributed by atoms with van der Waals surface area (Å²) >= 11 is 0. The highest BCUT2D eigenvalue weighted by atomic mass is 16.2. The average molecular weight is 495 g/mol. The lowest BCUT2D eigenvalue weighted by atomic mass is 9.90. The van der Waals surface area contributed by atoms with Gasteiger partial charge in [0.15, 0.2) is 0 Å². The van der Waals surface area contributed by atoms with E-state index >= 15 is 0 Å². The van der Waals surface area contributed by atoms with Gasteiger partial charge in [-0.3, -0.25) is 0 Å². The standard InChI is InChI=1S/C27H22N6O4/c34-24-28-16-15-21-22(32(28)26(36)30(24)19-11-3-1-4-12-19)17-29-25(35)31(20-13-5-2-6-14-20)27(37)33(29)23(21)18-9-7-8-10-18/h1-7,9-15,22-23H,8,16-17H2. The SMILES string of the molecule is O=c1n(-c2ccccc2)c(=O)n2n1CC=C1C2Cn2c(=O)n(-c3ccccc3)c(=O)n2C1C1=CCC=C1. The van der Waals surface area contributed by atoms with E-state index in [4.69, 9.17) is 0 Å². The minimum absolute atomic E-state index is 0.0470. The zero-order chi connectivity index (χ0) is 25.3. The normalized spacial score (nSPS) is 19.7. The largest absolute Gasteiger partial charge is 0.352 e. The van der Waals surface area contributed by atoms with Gasteiger partial charge in [-0.15, -0.1) is 0 Å². The Labute approximate surface area is 209 Å². The van der Waals surface area contributed by atoms with Gasteiger partial charge >= 0.3 is 22.8 Å². The van der Waals surface area contributed by atoms with Gasteiger partial charge in [0.1, 0.15) is 6.04 Å². The quantitative estimate of drug-likeness (QED) is 0.404. The van der Waals surface area contributed by atoms with Gasteiger partial charge in [0.25, 0.3) is 0 Å². The second-order valence-corrected chi connectivity index (χ2v) is 9.29. The molecule has 2 aliphatic heterocycles. The number of fused-ring (bicyclic) bond motifs is 4. The van der Waals surface area contributed by atoms with Crippen molar-refractivity contribution in [3.63, 3.8) is 0 Å². The molecular weight excluding hydrogens is 472 g/mol. The zero-order valence-corrected chi connectivity index (χ0v) is 19.7. The molecule has 2 aromatic heterocycles. The van der Waals surface area contributed by atoms with Crippen LogP contribution < -0.4 is 22.8 Å². The van der Waals surface area contributed by atoms with Crippen LogP contribution in [-0.2, 0) is 13.1 Å². The summed E-state index contributed by atoms with van der Waals surface area (Å²) < 4.78 is 8.06. The summed E-state index contributed by atoms with van der Waals surface area (Å²) in [5.41, 5.74) is 0.792. The van der Waals surface area contributed by atoms with Crippen LogP contribution in [0.15, 0.2) is 115 Å². The Morgan fingerprint density at radius 2 is 1.24 bits per heavy atom. The molecule has 10 nitrogen and oxygen atoms in total. The van der Waals surface area contributed by atoms with Crippen molar-refractivity contribution in [1.29, 1.82) is 0 Å². The molecule has 2 atom stereocenters. The maximum absolute atomic E-state index is 13.7. The second kappa shape index (κ2) is 7.82. The molecule has 10 heteroatoms. The molecule has 0 fully saturated rings. The minimum atomic E-state index is -0.609. The highest BCUT2D eigenvalue weighted by Crippen LogP contribution is 2.40. The maximum Gasteiger partial charge on any atom is 0.352 e. The molecule has 7 rings (SSSR count). The highest BCUT2D eigenvalue weighted by Gasteiger charge is 2.42. The van der Waals surface area contributed by atoms with Gasteiger partial charge < -0.3 is 0 Å². The molecule has 0 bridgehead atoms. The Kier molecular flexibility index (Phi) is 4.53. The second-order valence-electron chi connectivity index (χ2n) is 9.29. The summed E-state index contributed by atoms with van der Waals surface area (Å²) in [4.78, 5) is 54.4. The van der Waals surface area contributed by atoms with Crippen LogP contribution in [0.3, 0.4) is 0 Å². The van der Waals surface area contributed by atoms with E-state index in [0.29, 0.717) is 11.4 Å². The lowest BCUT2D eigenvalue weighted by Gasteiger charge is -2.37. The van der Waals surface area contributed by atoms with E-state index in [1.807, 2.05) is 36.4 Å². The van der Waals surface area contributed by atoms with Crippen molar-refractivity contribution in [2.24, 2.45) is 0 Å². The molecule has 0 amide bonds. The summed E-state index contributed by atoms with van der Waals surface area (Å²) in [5.74, 6) is 0. The molecule has 4 aromatic rings. The first-order valence-electron chi connectivity index (χ1n) is 12.1. The number of rotatable bonds is 3. The monoisotopic (exact) mass is 494 g/mol. The van der Waals surface area contributed by atoms with Crippen LogP contribution in [0.5, 0.6) is 0 Å². The molecule has 37 heavy (non-hydrogen) atoms. The number of nitrogens with zero attached hydrogens (tertiary/aromatic N) is 6. The molecule has 0 spiro atoms. The van der Waals surface area contributed by atoms with Gasteiger partial charge in [-0.2, -0.15) is 0 Å². The van der Waals surface area contributed by atoms with Crippen molar-refractivity contribution in [3.8, 4) is 11.4 Å². The van der Waals surface area contributed by atoms with Gasteiger partial charge in [-0.05, 0) is 41.8 Å². The van der Waals surface area contributed by atoms with E-state index in [9.17, 15) is 19.2 Å². The van der Waals surface area contributed by atoms with Crippen LogP contribution in [0.1, 0.15) is 18.5 Å². The lowest BCUT2D eigenvalue weighted by Crippen LogP contribution is -2.47. The average Bonchev–Trinajstić information content (AvgIpc) is 3.61. The number of hydrogen-bond acceptors (Lipinski definition) is 4. The first-order valence-corrected chi connectivity index (χ1v) is 12.1. The zero-order valence-electron chi connectivity index (χ0n) is 19.7. The Morgan fingerprint density at radius 1 is 0.649 bits per heavy atom. The summed E-state index contributed by atoms with van der Waals surface area (Å²) in [5, 5.41) is 0. The number of hydrogen-bond donors (Lipinski definition) is 0. The van der Waals surface area contributed by atoms with Crippen LogP contribution in [0, 0.1) is 0 Å². The van der Waals surface area contributed by atoms with Crippen molar-refractivity contribution in [3.05, 3.63) is 138 Å². The molecular formula is C27H22N6O4. The molecule has 184 valence electrons. The predicted molar refractivity (Wildman–Crippen MR) is 137 cm³/mol. The maximum atomic E-state index is 13.7. The Morgan fingerprint density at radius 3 is 1.84 bits per heavy atom. The topological polar surface area (TPSA) is 97.9 Å². The van der Waals surface area contributed by atoms with Crippen LogP contribution >= 0.6 is 0 Å². The fraction of sp³-hybridized carbons (Fsp3) is 0.185. The molecule has 2 aromatic carbocycles. The number of para-hydroxylation sites is 2. The Bertz CT molecular complexity index is 1890. The Balaban J connectivity index is 1.48. The fourth-order valence-electron chi connectivity index (χ4n) is 5.73. The summed E-state index contributed by atoms with van der Waals surface area (Å²) in [6, 6.07) is 16.4. The molecule has 4 heterocycles. The molecule has 0 saturated heterocycles. The van der Waals surface area contributed by atoms with Crippen molar-refractivity contribution in [2.75, 3.05) is 0 Å². The third-order valence-corrected chi connectivity index (χ3v) is 7.35. The van der Waals surface area contributed by atoms with Crippen LogP contribution in [0.2, 0.25) is 0 Å². The van der Waals surface area contributed by atoms with Crippen LogP contribution in [-0.4, -0.2) is 27.9 Å². The Hall–Kier alpha value is -4.86. The van der Waals surface area contributed by atoms with E-state index in [1.54, 1.807) is 48.5 Å². The third-order valence-electron chi connectivity index (χ3n) is 7.35. The number of allylic oxidation sites excluding steroid dienone is 6. The van der Waals surface area contributed by atoms with Crippen molar-refractivity contribution >= 4 is 0 Å². The fourth-order valence-corrected chi connectivity index (χ4v) is 5.73. The first-order chi connectivity index (χ1) is 18.1. The molecule has 2 unspecified atom stereocenters. The third kappa shape index (κ3) is 2.92. The molecule has 1 aliphatic carbocycles. The summed E-state index contributed by atoms with van der Waals surface area (Å²) in [7, 11) is 0. The smallest absolute Gasteiger partial charge is 0.246 e. The van der Waals surface area contributed by atoms with Gasteiger partial charge in [-0.1, -0.05) is 60.7 Å². The number of aromatic nitrogens is 6. The minimum Gasteiger partial charge on any atom is -0.246 e. The van der Waals surface area contributed by atoms with E-state index < -0.39 is 34.8 Å². The predicted octanol–water partition coefficient (Wildman–Crippen LogP) is 1.54. The summed E-state index contributed by atoms with van der Waals surface area (Å²) in [6.45, 7) is 0.233. The van der Waals surface area contributed by atoms with E-state index in [2.05, 4.69) is 0 Å². The van der Waals surface area contributed by atoms with E-state index in [1.165, 1.54) is 18.7 Å². The van der Waals surface area contributed by atoms with Crippen molar-refractivity contribution in [1.82, 2.24) is 27.9 Å². The molecule has 0 radical (unpaired) electrons. The van der Waals surface area contributed by atoms with Crippen LogP contribution in [0.4, 0.5) is 0 Å². The van der Waals surface area contributed by atoms with Crippen molar-refractivity contribution in [2.45, 2.75) is 31.6 Å². The molecule has 3 aliphatic rings. The van der Waals surface area contributed by atoms with Crippen molar-refractivity contribution < 1.29 is 0 Å². The van der Waals surface area contributed by atoms with Gasteiger partial charge in [-0.25, -0.2) is 47.0 Å². The lowest BCUT2D eigenvalue weighted by molar-refractivity contribution is 0.246. The molecule has 0 saturated carbocycles. The summed E-state index contributed by atoms with van der Waals surface area (Å²) in [6.07, 6.45) is 8.61. The van der Waals surface area contributed by atoms with E-state index in [-0.39, 0.29) is 13.1 Å². The highest BCUT2D eigenvalue weighted by molar-refractivity contribution is 5.40. The van der Waals surface area contributed by atoms with Gasteiger partial charge in [0.05, 0.1) is 30.5 Å². The first kappa shape index (κ1) is 21.4.